The molecule has 1 rings (SSSR count). The van der Waals surface area contributed by atoms with E-state index in [9.17, 15) is 5.11 Å². The summed E-state index contributed by atoms with van der Waals surface area (Å²) >= 11 is 0. The maximum absolute atomic E-state index is 9.57. The third-order valence-corrected chi connectivity index (χ3v) is 2.14. The lowest BCUT2D eigenvalue weighted by atomic mass is 10.1. The molecule has 0 amide bonds. The summed E-state index contributed by atoms with van der Waals surface area (Å²) in [4.78, 5) is 0. The van der Waals surface area contributed by atoms with Crippen LogP contribution in [0.3, 0.4) is 0 Å². The second-order valence-corrected chi connectivity index (χ2v) is 4.41. The summed E-state index contributed by atoms with van der Waals surface area (Å²) in [7, 11) is 0. The number of nitrogens with two attached hydrogens (primary N) is 1. The summed E-state index contributed by atoms with van der Waals surface area (Å²) < 4.78 is 0. The van der Waals surface area contributed by atoms with Gasteiger partial charge in [-0.3, -0.25) is 0 Å². The van der Waals surface area contributed by atoms with Gasteiger partial charge in [-0.25, -0.2) is 0 Å². The third kappa shape index (κ3) is 3.79. The lowest BCUT2D eigenvalue weighted by Crippen LogP contribution is -2.29. The van der Waals surface area contributed by atoms with Crippen molar-refractivity contribution in [3.05, 3.63) is 23.8 Å². The summed E-state index contributed by atoms with van der Waals surface area (Å²) in [5.41, 5.74) is 7.25. The Morgan fingerprint density at radius 2 is 2.19 bits per heavy atom. The average Bonchev–Trinajstić information content (AvgIpc) is 2.18. The zero-order valence-electron chi connectivity index (χ0n) is 9.62. The van der Waals surface area contributed by atoms with Gasteiger partial charge in [0.15, 0.2) is 0 Å². The highest BCUT2D eigenvalue weighted by atomic mass is 16.3. The number of hydrogen-bond acceptors (Lipinski definition) is 4. The molecule has 86 valence electrons. The molecule has 1 aromatic rings. The summed E-state index contributed by atoms with van der Waals surface area (Å²) in [6.07, 6.45) is 0.296. The van der Waals surface area contributed by atoms with Gasteiger partial charge in [0, 0.05) is 17.9 Å². The highest BCUT2D eigenvalue weighted by molar-refractivity contribution is 5.58. The van der Waals surface area contributed by atoms with Gasteiger partial charge in [-0.15, -0.1) is 0 Å². The second-order valence-electron chi connectivity index (χ2n) is 4.41. The van der Waals surface area contributed by atoms with E-state index in [1.54, 1.807) is 19.9 Å². The Bertz CT molecular complexity index is 402. The number of hydrogen-bond donors (Lipinski definition) is 3. The van der Waals surface area contributed by atoms with Crippen LogP contribution in [0.5, 0.6) is 0 Å². The molecule has 0 aromatic heterocycles. The Kier molecular flexibility index (Phi) is 3.75. The number of nitriles is 1. The molecule has 0 unspecified atom stereocenters. The average molecular weight is 219 g/mol. The van der Waals surface area contributed by atoms with Crippen LogP contribution in [0.25, 0.3) is 0 Å². The van der Waals surface area contributed by atoms with Crippen molar-refractivity contribution < 1.29 is 5.11 Å². The van der Waals surface area contributed by atoms with Crippen LogP contribution in [0.4, 0.5) is 11.4 Å². The van der Waals surface area contributed by atoms with E-state index < -0.39 is 5.60 Å². The van der Waals surface area contributed by atoms with Gasteiger partial charge in [0.25, 0.3) is 0 Å². The first-order valence-electron chi connectivity index (χ1n) is 5.14. The van der Waals surface area contributed by atoms with Crippen LogP contribution < -0.4 is 11.1 Å². The molecule has 0 bridgehead atoms. The van der Waals surface area contributed by atoms with Crippen molar-refractivity contribution in [3.8, 4) is 6.07 Å². The molecule has 4 nitrogen and oxygen atoms in total. The molecule has 1 aromatic carbocycles. The Morgan fingerprint density at radius 3 is 2.75 bits per heavy atom. The maximum atomic E-state index is 9.57. The topological polar surface area (TPSA) is 82.1 Å². The van der Waals surface area contributed by atoms with Crippen molar-refractivity contribution in [2.45, 2.75) is 25.9 Å². The van der Waals surface area contributed by atoms with Crippen LogP contribution in [0.2, 0.25) is 0 Å². The highest BCUT2D eigenvalue weighted by Crippen LogP contribution is 2.18. The number of nitrogen functional groups attached to an aromatic ring is 1. The van der Waals surface area contributed by atoms with Crippen LogP contribution in [-0.4, -0.2) is 17.3 Å². The van der Waals surface area contributed by atoms with Crippen molar-refractivity contribution in [3.63, 3.8) is 0 Å². The molecular weight excluding hydrogens is 202 g/mol. The second kappa shape index (κ2) is 4.86. The molecular formula is C12H17N3O. The number of nitrogens with one attached hydrogen (secondary N) is 1. The first-order valence-corrected chi connectivity index (χ1v) is 5.14. The van der Waals surface area contributed by atoms with Gasteiger partial charge >= 0.3 is 0 Å². The molecule has 0 spiro atoms. The fraction of sp³-hybridized carbons (Fsp3) is 0.417. The van der Waals surface area contributed by atoms with Gasteiger partial charge in [0.05, 0.1) is 18.1 Å². The van der Waals surface area contributed by atoms with E-state index in [0.717, 1.165) is 11.3 Å². The van der Waals surface area contributed by atoms with Gasteiger partial charge in [-0.1, -0.05) is 0 Å². The van der Waals surface area contributed by atoms with E-state index in [1.807, 2.05) is 12.1 Å². The van der Waals surface area contributed by atoms with Crippen LogP contribution >= 0.6 is 0 Å². The van der Waals surface area contributed by atoms with Crippen molar-refractivity contribution in [1.82, 2.24) is 0 Å². The molecule has 0 saturated heterocycles. The van der Waals surface area contributed by atoms with Crippen LogP contribution in [-0.2, 0) is 6.42 Å². The lowest BCUT2D eigenvalue weighted by Gasteiger charge is -2.19. The smallest absolute Gasteiger partial charge is 0.0763 e. The van der Waals surface area contributed by atoms with E-state index in [2.05, 4.69) is 11.4 Å². The zero-order chi connectivity index (χ0) is 12.2. The first-order chi connectivity index (χ1) is 7.42. The summed E-state index contributed by atoms with van der Waals surface area (Å²) in [6, 6.07) is 7.50. The number of aliphatic hydroxyl groups is 1. The SMILES string of the molecule is CC(C)(O)CNc1ccc(N)c(CC#N)c1. The van der Waals surface area contributed by atoms with Crippen molar-refractivity contribution in [2.24, 2.45) is 0 Å². The van der Waals surface area contributed by atoms with Crippen molar-refractivity contribution in [1.29, 1.82) is 5.26 Å². The Balaban J connectivity index is 2.76. The minimum absolute atomic E-state index is 0.296. The molecule has 4 N–H and O–H groups in total. The molecule has 0 aliphatic heterocycles. The molecule has 0 fully saturated rings. The van der Waals surface area contributed by atoms with E-state index in [4.69, 9.17) is 11.0 Å². The van der Waals surface area contributed by atoms with Gasteiger partial charge in [0.2, 0.25) is 0 Å². The first kappa shape index (κ1) is 12.3. The highest BCUT2D eigenvalue weighted by Gasteiger charge is 2.11. The molecule has 16 heavy (non-hydrogen) atoms. The van der Waals surface area contributed by atoms with E-state index in [1.165, 1.54) is 0 Å². The lowest BCUT2D eigenvalue weighted by molar-refractivity contribution is 0.0945. The van der Waals surface area contributed by atoms with Gasteiger partial charge < -0.3 is 16.2 Å². The molecule has 0 radical (unpaired) electrons. The standard InChI is InChI=1S/C12H17N3O/c1-12(2,16)8-15-10-3-4-11(14)9(7-10)5-6-13/h3-4,7,15-16H,5,8,14H2,1-2H3. The minimum Gasteiger partial charge on any atom is -0.398 e. The van der Waals surface area contributed by atoms with Crippen molar-refractivity contribution in [2.75, 3.05) is 17.6 Å². The maximum Gasteiger partial charge on any atom is 0.0763 e. The molecule has 0 heterocycles. The third-order valence-electron chi connectivity index (χ3n) is 2.14. The Morgan fingerprint density at radius 1 is 1.50 bits per heavy atom. The zero-order valence-corrected chi connectivity index (χ0v) is 9.62. The quantitative estimate of drug-likeness (QED) is 0.670. The molecule has 0 aliphatic rings. The Hall–Kier alpha value is -1.73. The van der Waals surface area contributed by atoms with E-state index in [0.29, 0.717) is 18.7 Å². The Labute approximate surface area is 95.7 Å². The fourth-order valence-electron chi connectivity index (χ4n) is 1.27. The number of benzene rings is 1. The van der Waals surface area contributed by atoms with Gasteiger partial charge in [0.1, 0.15) is 0 Å². The number of rotatable bonds is 4. The van der Waals surface area contributed by atoms with Crippen molar-refractivity contribution >= 4 is 11.4 Å². The summed E-state index contributed by atoms with van der Waals surface area (Å²) in [5.74, 6) is 0. The van der Waals surface area contributed by atoms with E-state index >= 15 is 0 Å². The van der Waals surface area contributed by atoms with Gasteiger partial charge in [-0.05, 0) is 37.6 Å². The predicted octanol–water partition coefficient (Wildman–Crippen LogP) is 1.52. The monoisotopic (exact) mass is 219 g/mol. The summed E-state index contributed by atoms with van der Waals surface area (Å²) in [6.45, 7) is 3.91. The van der Waals surface area contributed by atoms with Crippen LogP contribution in [0.15, 0.2) is 18.2 Å². The molecule has 0 atom stereocenters. The molecule has 0 saturated carbocycles. The fourth-order valence-corrected chi connectivity index (χ4v) is 1.27. The minimum atomic E-state index is -0.767. The van der Waals surface area contributed by atoms with Crippen LogP contribution in [0.1, 0.15) is 19.4 Å². The normalized spacial score (nSPS) is 10.9. The molecule has 4 heteroatoms. The number of nitrogens with zero attached hydrogens (tertiary/aromatic N) is 1. The van der Waals surface area contributed by atoms with Gasteiger partial charge in [-0.2, -0.15) is 5.26 Å². The number of anilines is 2. The van der Waals surface area contributed by atoms with E-state index in [-0.39, 0.29) is 0 Å². The predicted molar refractivity (Wildman–Crippen MR) is 65.0 cm³/mol. The largest absolute Gasteiger partial charge is 0.398 e. The molecule has 0 aliphatic carbocycles. The van der Waals surface area contributed by atoms with Crippen LogP contribution in [0, 0.1) is 11.3 Å². The summed E-state index contributed by atoms with van der Waals surface area (Å²) in [5, 5.41) is 21.3.